The van der Waals surface area contributed by atoms with Crippen LogP contribution in [0.1, 0.15) is 31.7 Å². The summed E-state index contributed by atoms with van der Waals surface area (Å²) < 4.78 is 17.2. The number of nitriles is 1. The van der Waals surface area contributed by atoms with E-state index in [0.717, 1.165) is 39.0 Å². The molecule has 1 aromatic heterocycles. The predicted molar refractivity (Wildman–Crippen MR) is 159 cm³/mol. The van der Waals surface area contributed by atoms with Gasteiger partial charge in [0.2, 0.25) is 0 Å². The first-order valence-electron chi connectivity index (χ1n) is 13.1. The molecule has 2 N–H and O–H groups in total. The zero-order chi connectivity index (χ0) is 28.2. The van der Waals surface area contributed by atoms with Crippen molar-refractivity contribution >= 4 is 39.8 Å². The highest BCUT2D eigenvalue weighted by atomic mass is 35.5. The second-order valence-electron chi connectivity index (χ2n) is 9.00. The van der Waals surface area contributed by atoms with E-state index in [2.05, 4.69) is 33.5 Å². The quantitative estimate of drug-likeness (QED) is 0.217. The standard InChI is InChI=1S/C29H37Cl2N5O3/c1-5-36(13-6-12-33-2)14-7-15-39-28-17-25-21(16-27(28)38-4)29(20(18-32)19-34-25)35-24-10-11-26(37-3)23(31)9-8-22(24)30/h8-9,11,16-17,19,23,33H,5-7,10,12-15H2,1-4H3,(H,34,35)/b9-8?,24-22-,26-11?. The Labute approximate surface area is 241 Å². The van der Waals surface area contributed by atoms with Crippen LogP contribution in [0.3, 0.4) is 0 Å². The maximum atomic E-state index is 9.84. The van der Waals surface area contributed by atoms with E-state index >= 15 is 0 Å². The first kappa shape index (κ1) is 30.6. The van der Waals surface area contributed by atoms with Crippen LogP contribution in [-0.4, -0.2) is 69.3 Å². The Bertz CT molecular complexity index is 1260. The Morgan fingerprint density at radius 1 is 1.18 bits per heavy atom. The molecule has 1 atom stereocenters. The summed E-state index contributed by atoms with van der Waals surface area (Å²) in [6.45, 7) is 6.77. The normalized spacial score (nSPS) is 17.4. The molecule has 0 saturated carbocycles. The SMILES string of the molecule is CCN(CCCNC)CCCOc1cc2ncc(C#N)c(N/C3=C(\Cl)C=CC(Cl)C(OC)=CC3)c2cc1OC. The summed E-state index contributed by atoms with van der Waals surface area (Å²) in [7, 11) is 5.15. The number of benzene rings is 1. The second kappa shape index (κ2) is 15.6. The average molecular weight is 575 g/mol. The molecular formula is C29H37Cl2N5O3. The van der Waals surface area contributed by atoms with Crippen molar-refractivity contribution in [1.82, 2.24) is 15.2 Å². The van der Waals surface area contributed by atoms with Crippen molar-refractivity contribution in [2.75, 3.05) is 59.4 Å². The molecule has 0 bridgehead atoms. The van der Waals surface area contributed by atoms with E-state index in [1.807, 2.05) is 25.3 Å². The number of methoxy groups -OCH3 is 2. The summed E-state index contributed by atoms with van der Waals surface area (Å²) in [5, 5.41) is 17.2. The molecule has 8 nitrogen and oxygen atoms in total. The van der Waals surface area contributed by atoms with Gasteiger partial charge in [-0.25, -0.2) is 0 Å². The first-order chi connectivity index (χ1) is 18.9. The van der Waals surface area contributed by atoms with Gasteiger partial charge in [-0.15, -0.1) is 11.6 Å². The van der Waals surface area contributed by atoms with Crippen molar-refractivity contribution in [3.63, 3.8) is 0 Å². The fourth-order valence-electron chi connectivity index (χ4n) is 4.30. The van der Waals surface area contributed by atoms with Crippen molar-refractivity contribution in [2.45, 2.75) is 31.6 Å². The molecule has 0 amide bonds. The van der Waals surface area contributed by atoms with Crippen LogP contribution in [-0.2, 0) is 4.74 Å². The van der Waals surface area contributed by atoms with Gasteiger partial charge in [-0.2, -0.15) is 5.26 Å². The molecule has 0 saturated heterocycles. The minimum absolute atomic E-state index is 0.380. The first-order valence-corrected chi connectivity index (χ1v) is 13.9. The number of ether oxygens (including phenoxy) is 3. The molecule has 3 rings (SSSR count). The van der Waals surface area contributed by atoms with Crippen LogP contribution in [0.2, 0.25) is 0 Å². The lowest BCUT2D eigenvalue weighted by Crippen LogP contribution is -2.28. The van der Waals surface area contributed by atoms with E-state index in [0.29, 0.717) is 63.2 Å². The van der Waals surface area contributed by atoms with Gasteiger partial charge in [-0.1, -0.05) is 24.6 Å². The van der Waals surface area contributed by atoms with E-state index in [9.17, 15) is 5.26 Å². The van der Waals surface area contributed by atoms with Gasteiger partial charge in [0, 0.05) is 36.3 Å². The van der Waals surface area contributed by atoms with Gasteiger partial charge in [0.05, 0.1) is 42.6 Å². The molecule has 1 aromatic carbocycles. The third-order valence-electron chi connectivity index (χ3n) is 6.49. The van der Waals surface area contributed by atoms with Crippen molar-refractivity contribution in [1.29, 1.82) is 5.26 Å². The second-order valence-corrected chi connectivity index (χ2v) is 9.88. The summed E-state index contributed by atoms with van der Waals surface area (Å²) >= 11 is 12.9. The predicted octanol–water partition coefficient (Wildman–Crippen LogP) is 5.78. The van der Waals surface area contributed by atoms with Crippen LogP contribution in [0.25, 0.3) is 10.9 Å². The maximum Gasteiger partial charge on any atom is 0.163 e. The lowest BCUT2D eigenvalue weighted by molar-refractivity contribution is 0.235. The smallest absolute Gasteiger partial charge is 0.163 e. The van der Waals surface area contributed by atoms with Crippen LogP contribution >= 0.6 is 23.2 Å². The molecule has 210 valence electrons. The number of fused-ring (bicyclic) bond motifs is 1. The van der Waals surface area contributed by atoms with Crippen LogP contribution in [0.15, 0.2) is 53.0 Å². The van der Waals surface area contributed by atoms with Crippen molar-refractivity contribution in [3.8, 4) is 17.6 Å². The lowest BCUT2D eigenvalue weighted by atomic mass is 10.1. The minimum Gasteiger partial charge on any atom is -0.500 e. The maximum absolute atomic E-state index is 9.84. The number of rotatable bonds is 14. The van der Waals surface area contributed by atoms with Gasteiger partial charge in [0.25, 0.3) is 0 Å². The molecule has 0 fully saturated rings. The van der Waals surface area contributed by atoms with E-state index < -0.39 is 5.38 Å². The highest BCUT2D eigenvalue weighted by Crippen LogP contribution is 2.37. The summed E-state index contributed by atoms with van der Waals surface area (Å²) in [6.07, 6.45) is 9.35. The van der Waals surface area contributed by atoms with E-state index in [1.165, 1.54) is 0 Å². The Hall–Kier alpha value is -2.96. The summed E-state index contributed by atoms with van der Waals surface area (Å²) in [6, 6.07) is 5.91. The highest BCUT2D eigenvalue weighted by Gasteiger charge is 2.18. The minimum atomic E-state index is -0.409. The van der Waals surface area contributed by atoms with Gasteiger partial charge in [0.15, 0.2) is 11.5 Å². The van der Waals surface area contributed by atoms with E-state index in [1.54, 1.807) is 32.6 Å². The number of anilines is 1. The molecule has 1 heterocycles. The number of nitrogens with zero attached hydrogens (tertiary/aromatic N) is 3. The number of aromatic nitrogens is 1. The fraction of sp³-hybridized carbons (Fsp3) is 0.448. The molecule has 0 aliphatic heterocycles. The molecule has 10 heteroatoms. The van der Waals surface area contributed by atoms with Crippen molar-refractivity contribution in [2.24, 2.45) is 0 Å². The number of halogens is 2. The lowest BCUT2D eigenvalue weighted by Gasteiger charge is -2.21. The molecule has 0 radical (unpaired) electrons. The van der Waals surface area contributed by atoms with Gasteiger partial charge in [-0.3, -0.25) is 4.98 Å². The zero-order valence-electron chi connectivity index (χ0n) is 23.0. The molecule has 0 spiro atoms. The molecule has 1 unspecified atom stereocenters. The summed E-state index contributed by atoms with van der Waals surface area (Å²) in [4.78, 5) is 6.94. The molecule has 2 aromatic rings. The van der Waals surface area contributed by atoms with Crippen LogP contribution < -0.4 is 20.1 Å². The monoisotopic (exact) mass is 573 g/mol. The van der Waals surface area contributed by atoms with Gasteiger partial charge < -0.3 is 29.7 Å². The number of nitrogens with one attached hydrogen (secondary N) is 2. The summed E-state index contributed by atoms with van der Waals surface area (Å²) in [5.41, 5.74) is 2.33. The summed E-state index contributed by atoms with van der Waals surface area (Å²) in [5.74, 6) is 1.80. The molecule has 1 aliphatic carbocycles. The molecular weight excluding hydrogens is 537 g/mol. The van der Waals surface area contributed by atoms with Crippen LogP contribution in [0, 0.1) is 11.3 Å². The Morgan fingerprint density at radius 2 is 1.97 bits per heavy atom. The third kappa shape index (κ3) is 8.26. The zero-order valence-corrected chi connectivity index (χ0v) is 24.5. The van der Waals surface area contributed by atoms with Gasteiger partial charge in [-0.05, 0) is 57.7 Å². The Balaban J connectivity index is 1.84. The van der Waals surface area contributed by atoms with Crippen LogP contribution in [0.5, 0.6) is 11.5 Å². The number of hydrogen-bond donors (Lipinski definition) is 2. The number of allylic oxidation sites excluding steroid dienone is 4. The molecule has 39 heavy (non-hydrogen) atoms. The van der Waals surface area contributed by atoms with Gasteiger partial charge >= 0.3 is 0 Å². The van der Waals surface area contributed by atoms with E-state index in [-0.39, 0.29) is 0 Å². The van der Waals surface area contributed by atoms with Gasteiger partial charge in [0.1, 0.15) is 17.2 Å². The van der Waals surface area contributed by atoms with Crippen molar-refractivity contribution < 1.29 is 14.2 Å². The Morgan fingerprint density at radius 3 is 2.67 bits per heavy atom. The average Bonchev–Trinajstić information content (AvgIpc) is 2.95. The largest absolute Gasteiger partial charge is 0.500 e. The number of pyridine rings is 1. The third-order valence-corrected chi connectivity index (χ3v) is 7.20. The molecule has 1 aliphatic rings. The highest BCUT2D eigenvalue weighted by molar-refractivity contribution is 6.32. The van der Waals surface area contributed by atoms with E-state index in [4.69, 9.17) is 37.4 Å². The number of hydrogen-bond acceptors (Lipinski definition) is 8. The fourth-order valence-corrected chi connectivity index (χ4v) is 4.75. The topological polar surface area (TPSA) is 91.7 Å². The Kier molecular flexibility index (Phi) is 12.2. The number of alkyl halides is 1. The van der Waals surface area contributed by atoms with Crippen LogP contribution in [0.4, 0.5) is 5.69 Å². The van der Waals surface area contributed by atoms with Crippen molar-refractivity contribution in [3.05, 3.63) is 58.6 Å².